The van der Waals surface area contributed by atoms with Gasteiger partial charge in [0, 0.05) is 19.1 Å². The highest BCUT2D eigenvalue weighted by Crippen LogP contribution is 2.62. The van der Waals surface area contributed by atoms with E-state index in [0.717, 1.165) is 50.0 Å². The minimum atomic E-state index is -0.917. The number of fused-ring (bicyclic) bond motifs is 3. The molecule has 29 heavy (non-hydrogen) atoms. The molecule has 3 aliphatic carbocycles. The van der Waals surface area contributed by atoms with E-state index in [2.05, 4.69) is 18.2 Å². The Balaban J connectivity index is 1.58. The first-order valence-electron chi connectivity index (χ1n) is 11.0. The summed E-state index contributed by atoms with van der Waals surface area (Å²) in [6.45, 7) is 3.26. The SMILES string of the molecule is CCN1C(=O)C2(N=C1N)c1cc(OCC3CC3)ccc1CC21CCC(OC)CC1. The van der Waals surface area contributed by atoms with E-state index in [1.807, 2.05) is 6.92 Å². The monoisotopic (exact) mass is 397 g/mol. The fourth-order valence-electron chi connectivity index (χ4n) is 5.74. The van der Waals surface area contributed by atoms with Crippen molar-refractivity contribution in [3.8, 4) is 5.75 Å². The summed E-state index contributed by atoms with van der Waals surface area (Å²) in [4.78, 5) is 20.4. The van der Waals surface area contributed by atoms with Gasteiger partial charge in [-0.05, 0) is 81.0 Å². The Morgan fingerprint density at radius 1 is 1.24 bits per heavy atom. The number of hydrogen-bond donors (Lipinski definition) is 1. The first-order valence-corrected chi connectivity index (χ1v) is 11.0. The van der Waals surface area contributed by atoms with Crippen molar-refractivity contribution in [3.05, 3.63) is 29.3 Å². The molecular weight excluding hydrogens is 366 g/mol. The van der Waals surface area contributed by atoms with Crippen LogP contribution in [0.25, 0.3) is 0 Å². The molecule has 2 fully saturated rings. The molecule has 5 rings (SSSR count). The van der Waals surface area contributed by atoms with Crippen molar-refractivity contribution in [2.75, 3.05) is 20.3 Å². The lowest BCUT2D eigenvalue weighted by Gasteiger charge is -2.45. The maximum absolute atomic E-state index is 13.8. The predicted molar refractivity (Wildman–Crippen MR) is 111 cm³/mol. The normalized spacial score (nSPS) is 33.4. The van der Waals surface area contributed by atoms with Gasteiger partial charge in [-0.2, -0.15) is 0 Å². The number of guanidine groups is 1. The molecule has 4 aliphatic rings. The van der Waals surface area contributed by atoms with E-state index in [1.165, 1.54) is 18.4 Å². The summed E-state index contributed by atoms with van der Waals surface area (Å²) in [7, 11) is 1.78. The van der Waals surface area contributed by atoms with Crippen LogP contribution in [0.4, 0.5) is 0 Å². The van der Waals surface area contributed by atoms with Crippen molar-refractivity contribution in [2.45, 2.75) is 63.5 Å². The number of hydrogen-bond acceptors (Lipinski definition) is 5. The van der Waals surface area contributed by atoms with Gasteiger partial charge < -0.3 is 15.2 Å². The Morgan fingerprint density at radius 2 is 2.00 bits per heavy atom. The number of nitrogens with two attached hydrogens (primary N) is 1. The van der Waals surface area contributed by atoms with Crippen LogP contribution in [0.3, 0.4) is 0 Å². The maximum atomic E-state index is 13.8. The molecule has 1 amide bonds. The van der Waals surface area contributed by atoms with Crippen LogP contribution < -0.4 is 10.5 Å². The summed E-state index contributed by atoms with van der Waals surface area (Å²) in [5, 5.41) is 0. The Kier molecular flexibility index (Phi) is 4.39. The summed E-state index contributed by atoms with van der Waals surface area (Å²) in [5.74, 6) is 1.91. The molecule has 1 aromatic rings. The lowest BCUT2D eigenvalue weighted by Crippen LogP contribution is -2.52. The lowest BCUT2D eigenvalue weighted by atomic mass is 9.61. The molecule has 0 bridgehead atoms. The van der Waals surface area contributed by atoms with Gasteiger partial charge in [-0.3, -0.25) is 9.69 Å². The third-order valence-electron chi connectivity index (χ3n) is 7.60. The van der Waals surface area contributed by atoms with Crippen LogP contribution >= 0.6 is 0 Å². The van der Waals surface area contributed by atoms with Crippen LogP contribution in [0.5, 0.6) is 5.75 Å². The van der Waals surface area contributed by atoms with Gasteiger partial charge in [-0.25, -0.2) is 4.99 Å². The Labute approximate surface area is 172 Å². The summed E-state index contributed by atoms with van der Waals surface area (Å²) in [5.41, 5.74) is 7.35. The Bertz CT molecular complexity index is 855. The molecule has 6 nitrogen and oxygen atoms in total. The molecule has 1 heterocycles. The largest absolute Gasteiger partial charge is 0.493 e. The van der Waals surface area contributed by atoms with Gasteiger partial charge in [0.15, 0.2) is 11.5 Å². The highest BCUT2D eigenvalue weighted by atomic mass is 16.5. The van der Waals surface area contributed by atoms with Gasteiger partial charge in [0.1, 0.15) is 5.75 Å². The topological polar surface area (TPSA) is 77.2 Å². The Morgan fingerprint density at radius 3 is 2.62 bits per heavy atom. The highest BCUT2D eigenvalue weighted by molar-refractivity contribution is 6.08. The number of carbonyl (C=O) groups excluding carboxylic acids is 1. The third-order valence-corrected chi connectivity index (χ3v) is 7.60. The smallest absolute Gasteiger partial charge is 0.262 e. The van der Waals surface area contributed by atoms with Crippen LogP contribution in [-0.4, -0.2) is 43.1 Å². The minimum absolute atomic E-state index is 0.0338. The predicted octanol–water partition coefficient (Wildman–Crippen LogP) is 2.98. The van der Waals surface area contributed by atoms with Crippen molar-refractivity contribution in [2.24, 2.45) is 22.1 Å². The van der Waals surface area contributed by atoms with Crippen molar-refractivity contribution in [3.63, 3.8) is 0 Å². The fraction of sp³-hybridized carbons (Fsp3) is 0.652. The standard InChI is InChI=1S/C23H31N3O3/c1-3-26-20(27)23(25-21(26)24)19-12-18(29-14-15-4-5-15)7-6-16(19)13-22(23)10-8-17(28-2)9-11-22/h6-7,12,15,17H,3-5,8-11,13-14H2,1-2H3,(H2,24,25). The van der Waals surface area contributed by atoms with Crippen LogP contribution in [0.2, 0.25) is 0 Å². The van der Waals surface area contributed by atoms with Crippen LogP contribution in [0.1, 0.15) is 56.6 Å². The van der Waals surface area contributed by atoms with E-state index in [1.54, 1.807) is 12.0 Å². The molecule has 2 saturated carbocycles. The van der Waals surface area contributed by atoms with Gasteiger partial charge in [0.05, 0.1) is 12.7 Å². The molecule has 156 valence electrons. The molecular formula is C23H31N3O3. The number of benzene rings is 1. The first-order chi connectivity index (χ1) is 14.0. The van der Waals surface area contributed by atoms with Crippen molar-refractivity contribution >= 4 is 11.9 Å². The van der Waals surface area contributed by atoms with E-state index < -0.39 is 5.54 Å². The second-order valence-electron chi connectivity index (χ2n) is 9.20. The molecule has 1 aliphatic heterocycles. The van der Waals surface area contributed by atoms with E-state index >= 15 is 0 Å². The van der Waals surface area contributed by atoms with E-state index in [9.17, 15) is 4.79 Å². The molecule has 0 aromatic heterocycles. The molecule has 6 heteroatoms. The highest BCUT2D eigenvalue weighted by Gasteiger charge is 2.66. The maximum Gasteiger partial charge on any atom is 0.262 e. The van der Waals surface area contributed by atoms with Gasteiger partial charge in [-0.15, -0.1) is 0 Å². The second-order valence-corrected chi connectivity index (χ2v) is 9.20. The summed E-state index contributed by atoms with van der Waals surface area (Å²) in [6, 6.07) is 6.27. The fourth-order valence-corrected chi connectivity index (χ4v) is 5.74. The van der Waals surface area contributed by atoms with Crippen molar-refractivity contribution < 1.29 is 14.3 Å². The van der Waals surface area contributed by atoms with Gasteiger partial charge >= 0.3 is 0 Å². The first kappa shape index (κ1) is 18.9. The summed E-state index contributed by atoms with van der Waals surface area (Å²) < 4.78 is 11.7. The number of ether oxygens (including phenoxy) is 2. The zero-order valence-corrected chi connectivity index (χ0v) is 17.4. The zero-order chi connectivity index (χ0) is 20.2. The molecule has 2 N–H and O–H groups in total. The number of aliphatic imine (C=N–C) groups is 1. The average molecular weight is 398 g/mol. The molecule has 1 unspecified atom stereocenters. The van der Waals surface area contributed by atoms with E-state index in [-0.39, 0.29) is 17.4 Å². The van der Waals surface area contributed by atoms with Crippen LogP contribution in [-0.2, 0) is 21.5 Å². The number of methoxy groups -OCH3 is 1. The van der Waals surface area contributed by atoms with Gasteiger partial charge in [0.2, 0.25) is 0 Å². The average Bonchev–Trinajstić information content (AvgIpc) is 3.48. The number of carbonyl (C=O) groups is 1. The molecule has 1 atom stereocenters. The number of likely N-dealkylation sites (N-methyl/N-ethyl adjacent to an activating group) is 1. The van der Waals surface area contributed by atoms with E-state index in [4.69, 9.17) is 20.2 Å². The molecule has 2 spiro atoms. The number of amides is 1. The Hall–Kier alpha value is -2.08. The molecule has 1 aromatic carbocycles. The van der Waals surface area contributed by atoms with Gasteiger partial charge in [-0.1, -0.05) is 6.07 Å². The second kappa shape index (κ2) is 6.73. The number of rotatable bonds is 5. The van der Waals surface area contributed by atoms with Crippen LogP contribution in [0, 0.1) is 11.3 Å². The van der Waals surface area contributed by atoms with E-state index in [0.29, 0.717) is 18.4 Å². The summed E-state index contributed by atoms with van der Waals surface area (Å²) >= 11 is 0. The zero-order valence-electron chi connectivity index (χ0n) is 17.4. The third kappa shape index (κ3) is 2.71. The molecule has 0 saturated heterocycles. The summed E-state index contributed by atoms with van der Waals surface area (Å²) in [6.07, 6.45) is 7.36. The minimum Gasteiger partial charge on any atom is -0.493 e. The van der Waals surface area contributed by atoms with Crippen molar-refractivity contribution in [1.82, 2.24) is 4.90 Å². The van der Waals surface area contributed by atoms with Gasteiger partial charge in [0.25, 0.3) is 5.91 Å². The van der Waals surface area contributed by atoms with Crippen molar-refractivity contribution in [1.29, 1.82) is 0 Å². The number of nitrogens with zero attached hydrogens (tertiary/aromatic N) is 2. The van der Waals surface area contributed by atoms with Crippen LogP contribution in [0.15, 0.2) is 23.2 Å². The molecule has 0 radical (unpaired) electrons. The lowest BCUT2D eigenvalue weighted by molar-refractivity contribution is -0.138. The quantitative estimate of drug-likeness (QED) is 0.829.